The molecule has 1 N–H and O–H groups in total. The maximum Gasteiger partial charge on any atom is 0.222 e. The van der Waals surface area contributed by atoms with Gasteiger partial charge in [-0.15, -0.1) is 11.6 Å². The zero-order valence-corrected chi connectivity index (χ0v) is 12.4. The van der Waals surface area contributed by atoms with Gasteiger partial charge in [0.2, 0.25) is 5.91 Å². The molecule has 20 heavy (non-hydrogen) atoms. The molecule has 1 aliphatic rings. The van der Waals surface area contributed by atoms with Crippen molar-refractivity contribution < 1.29 is 4.79 Å². The summed E-state index contributed by atoms with van der Waals surface area (Å²) in [6.07, 6.45) is 2.40. The molecule has 0 saturated carbocycles. The summed E-state index contributed by atoms with van der Waals surface area (Å²) in [5.41, 5.74) is 2.89. The smallest absolute Gasteiger partial charge is 0.222 e. The molecule has 1 aliphatic heterocycles. The number of nitrogens with one attached hydrogen (secondary N) is 1. The van der Waals surface area contributed by atoms with Gasteiger partial charge in [-0.05, 0) is 6.42 Å². The molecule has 3 heterocycles. The van der Waals surface area contributed by atoms with Gasteiger partial charge in [-0.2, -0.15) is 5.10 Å². The van der Waals surface area contributed by atoms with Crippen LogP contribution in [-0.4, -0.2) is 31.8 Å². The summed E-state index contributed by atoms with van der Waals surface area (Å²) >= 11 is 6.04. The highest BCUT2D eigenvalue weighted by Crippen LogP contribution is 2.28. The van der Waals surface area contributed by atoms with E-state index >= 15 is 0 Å². The lowest BCUT2D eigenvalue weighted by Gasteiger charge is -2.13. The maximum absolute atomic E-state index is 11.5. The minimum absolute atomic E-state index is 0.0751. The van der Waals surface area contributed by atoms with Gasteiger partial charge in [-0.1, -0.05) is 13.3 Å². The summed E-state index contributed by atoms with van der Waals surface area (Å²) in [5, 5.41) is 7.42. The van der Waals surface area contributed by atoms with Crippen molar-refractivity contribution in [1.82, 2.24) is 24.6 Å². The van der Waals surface area contributed by atoms with Crippen molar-refractivity contribution >= 4 is 28.7 Å². The number of halogens is 1. The molecule has 0 aromatic carbocycles. The number of aryl methyl sites for hydroxylation is 2. The Labute approximate surface area is 122 Å². The van der Waals surface area contributed by atoms with E-state index < -0.39 is 0 Å². The Morgan fingerprint density at radius 1 is 1.50 bits per heavy atom. The predicted octanol–water partition coefficient (Wildman–Crippen LogP) is 1.52. The van der Waals surface area contributed by atoms with Crippen LogP contribution in [0.25, 0.3) is 11.2 Å². The fraction of sp³-hybridized carbons (Fsp3) is 0.615. The van der Waals surface area contributed by atoms with Gasteiger partial charge < -0.3 is 9.88 Å². The molecule has 7 heteroatoms. The van der Waals surface area contributed by atoms with Crippen LogP contribution in [-0.2, 0) is 24.1 Å². The third-order valence-electron chi connectivity index (χ3n) is 3.74. The highest BCUT2D eigenvalue weighted by atomic mass is 35.5. The lowest BCUT2D eigenvalue weighted by Crippen LogP contribution is -2.17. The number of nitrogens with zero attached hydrogens (tertiary/aromatic N) is 4. The Morgan fingerprint density at radius 3 is 2.90 bits per heavy atom. The van der Waals surface area contributed by atoms with Crippen LogP contribution in [0.15, 0.2) is 0 Å². The van der Waals surface area contributed by atoms with Crippen molar-refractivity contribution in [3.8, 4) is 0 Å². The monoisotopic (exact) mass is 295 g/mol. The molecule has 0 bridgehead atoms. The number of carbonyl (C=O) groups excluding carboxylic acids is 1. The average Bonchev–Trinajstić information content (AvgIpc) is 3.07. The predicted molar refractivity (Wildman–Crippen MR) is 76.7 cm³/mol. The van der Waals surface area contributed by atoms with Crippen molar-refractivity contribution in [1.29, 1.82) is 0 Å². The molecule has 1 saturated heterocycles. The van der Waals surface area contributed by atoms with Gasteiger partial charge in [0.1, 0.15) is 11.3 Å². The number of amides is 1. The van der Waals surface area contributed by atoms with Crippen molar-refractivity contribution in [2.75, 3.05) is 6.54 Å². The van der Waals surface area contributed by atoms with Gasteiger partial charge in [-0.25, -0.2) is 4.98 Å². The maximum atomic E-state index is 11.5. The van der Waals surface area contributed by atoms with Gasteiger partial charge >= 0.3 is 0 Å². The first kappa shape index (κ1) is 13.4. The van der Waals surface area contributed by atoms with Crippen LogP contribution in [0, 0.1) is 0 Å². The van der Waals surface area contributed by atoms with E-state index in [4.69, 9.17) is 11.6 Å². The fourth-order valence-electron chi connectivity index (χ4n) is 2.90. The number of imidazole rings is 1. The summed E-state index contributed by atoms with van der Waals surface area (Å²) in [4.78, 5) is 16.1. The SMILES string of the molecule is CCCc1nn(C)c2c1nc(CCl)n2C1CNC(=O)C1. The van der Waals surface area contributed by atoms with Crippen LogP contribution in [0.1, 0.15) is 37.3 Å². The van der Waals surface area contributed by atoms with E-state index in [2.05, 4.69) is 26.9 Å². The Balaban J connectivity index is 2.16. The summed E-state index contributed by atoms with van der Waals surface area (Å²) in [5.74, 6) is 1.23. The second-order valence-electron chi connectivity index (χ2n) is 5.19. The largest absolute Gasteiger partial charge is 0.354 e. The molecule has 1 amide bonds. The van der Waals surface area contributed by atoms with Crippen molar-refractivity contribution in [2.45, 2.75) is 38.1 Å². The van der Waals surface area contributed by atoms with E-state index in [9.17, 15) is 4.79 Å². The molecule has 0 aliphatic carbocycles. The highest BCUT2D eigenvalue weighted by Gasteiger charge is 2.29. The molecule has 2 aromatic rings. The summed E-state index contributed by atoms with van der Waals surface area (Å²) in [6, 6.07) is 0.0751. The zero-order valence-electron chi connectivity index (χ0n) is 11.7. The van der Waals surface area contributed by atoms with E-state index in [-0.39, 0.29) is 11.9 Å². The number of rotatable bonds is 4. The standard InChI is InChI=1S/C13H18ClN5O/c1-3-4-9-12-13(18(2)17-9)19(10(6-14)16-12)8-5-11(20)15-7-8/h8H,3-7H2,1-2H3,(H,15,20). The minimum atomic E-state index is 0.0751. The van der Waals surface area contributed by atoms with E-state index in [1.807, 2.05) is 11.7 Å². The molecule has 1 atom stereocenters. The second-order valence-corrected chi connectivity index (χ2v) is 5.45. The first-order chi connectivity index (χ1) is 9.65. The molecule has 1 fully saturated rings. The van der Waals surface area contributed by atoms with Crippen LogP contribution < -0.4 is 5.32 Å². The molecule has 6 nitrogen and oxygen atoms in total. The Bertz CT molecular complexity index is 659. The number of aromatic nitrogens is 4. The number of alkyl halides is 1. The molecule has 3 rings (SSSR count). The van der Waals surface area contributed by atoms with Crippen LogP contribution in [0.5, 0.6) is 0 Å². The Kier molecular flexibility index (Phi) is 3.41. The van der Waals surface area contributed by atoms with Crippen molar-refractivity contribution in [3.63, 3.8) is 0 Å². The van der Waals surface area contributed by atoms with E-state index in [1.54, 1.807) is 0 Å². The van der Waals surface area contributed by atoms with Gasteiger partial charge in [-0.3, -0.25) is 9.48 Å². The van der Waals surface area contributed by atoms with Crippen LogP contribution in [0.4, 0.5) is 0 Å². The minimum Gasteiger partial charge on any atom is -0.354 e. The third-order valence-corrected chi connectivity index (χ3v) is 3.98. The topological polar surface area (TPSA) is 64.7 Å². The van der Waals surface area contributed by atoms with Crippen LogP contribution >= 0.6 is 11.6 Å². The van der Waals surface area contributed by atoms with Crippen LogP contribution in [0.3, 0.4) is 0 Å². The quantitative estimate of drug-likeness (QED) is 0.870. The van der Waals surface area contributed by atoms with Gasteiger partial charge in [0.25, 0.3) is 0 Å². The molecule has 0 spiro atoms. The summed E-state index contributed by atoms with van der Waals surface area (Å²) < 4.78 is 3.93. The molecule has 2 aromatic heterocycles. The lowest BCUT2D eigenvalue weighted by atomic mass is 10.2. The van der Waals surface area contributed by atoms with Crippen molar-refractivity contribution in [3.05, 3.63) is 11.5 Å². The second kappa shape index (κ2) is 5.09. The normalized spacial score (nSPS) is 18.9. The average molecular weight is 296 g/mol. The lowest BCUT2D eigenvalue weighted by molar-refractivity contribution is -0.119. The first-order valence-corrected chi connectivity index (χ1v) is 7.44. The Hall–Kier alpha value is -1.56. The molecule has 0 radical (unpaired) electrons. The van der Waals surface area contributed by atoms with E-state index in [0.717, 1.165) is 35.5 Å². The molecule has 1 unspecified atom stereocenters. The molecule has 108 valence electrons. The molecular weight excluding hydrogens is 278 g/mol. The fourth-order valence-corrected chi connectivity index (χ4v) is 3.09. The van der Waals surface area contributed by atoms with E-state index in [0.29, 0.717) is 18.8 Å². The zero-order chi connectivity index (χ0) is 14.3. The molecular formula is C13H18ClN5O. The van der Waals surface area contributed by atoms with Gasteiger partial charge in [0.15, 0.2) is 5.65 Å². The van der Waals surface area contributed by atoms with E-state index in [1.165, 1.54) is 0 Å². The number of hydrogen-bond acceptors (Lipinski definition) is 3. The summed E-state index contributed by atoms with van der Waals surface area (Å²) in [6.45, 7) is 2.75. The summed E-state index contributed by atoms with van der Waals surface area (Å²) in [7, 11) is 1.92. The number of hydrogen-bond donors (Lipinski definition) is 1. The Morgan fingerprint density at radius 2 is 2.30 bits per heavy atom. The van der Waals surface area contributed by atoms with Gasteiger partial charge in [0, 0.05) is 20.0 Å². The van der Waals surface area contributed by atoms with Crippen LogP contribution in [0.2, 0.25) is 0 Å². The van der Waals surface area contributed by atoms with Gasteiger partial charge in [0.05, 0.1) is 17.6 Å². The third kappa shape index (κ3) is 1.98. The number of carbonyl (C=O) groups is 1. The van der Waals surface area contributed by atoms with Crippen molar-refractivity contribution in [2.24, 2.45) is 7.05 Å². The number of fused-ring (bicyclic) bond motifs is 1. The highest BCUT2D eigenvalue weighted by molar-refractivity contribution is 6.16. The first-order valence-electron chi connectivity index (χ1n) is 6.91.